The van der Waals surface area contributed by atoms with E-state index in [4.69, 9.17) is 9.47 Å². The van der Waals surface area contributed by atoms with Gasteiger partial charge in [-0.3, -0.25) is 4.79 Å². The fourth-order valence-corrected chi connectivity index (χ4v) is 4.93. The summed E-state index contributed by atoms with van der Waals surface area (Å²) in [4.78, 5) is 12.8. The first kappa shape index (κ1) is 22.8. The minimum atomic E-state index is -3.68. The molecule has 1 aliphatic rings. The monoisotopic (exact) mass is 467 g/mol. The molecule has 1 fully saturated rings. The van der Waals surface area contributed by atoms with Crippen LogP contribution in [-0.2, 0) is 14.8 Å². The number of rotatable bonds is 7. The van der Waals surface area contributed by atoms with Gasteiger partial charge in [0.1, 0.15) is 5.75 Å². The summed E-state index contributed by atoms with van der Waals surface area (Å²) in [5.74, 6) is 0.334. The number of sulfonamides is 1. The summed E-state index contributed by atoms with van der Waals surface area (Å²) < 4.78 is 37.7. The third kappa shape index (κ3) is 5.33. The second-order valence-electron chi connectivity index (χ2n) is 7.40. The maximum atomic E-state index is 12.9. The highest BCUT2D eigenvalue weighted by Gasteiger charge is 2.26. The van der Waals surface area contributed by atoms with Crippen molar-refractivity contribution < 1.29 is 22.7 Å². The molecule has 0 saturated carbocycles. The van der Waals surface area contributed by atoms with Gasteiger partial charge in [0, 0.05) is 30.0 Å². The predicted molar refractivity (Wildman–Crippen MR) is 127 cm³/mol. The number of para-hydroxylation sites is 2. The van der Waals surface area contributed by atoms with Gasteiger partial charge >= 0.3 is 0 Å². The van der Waals surface area contributed by atoms with Gasteiger partial charge in [-0.25, -0.2) is 8.42 Å². The van der Waals surface area contributed by atoms with Crippen molar-refractivity contribution in [2.75, 3.05) is 44.0 Å². The second kappa shape index (κ2) is 10.0. The predicted octanol–water partition coefficient (Wildman–Crippen LogP) is 3.71. The van der Waals surface area contributed by atoms with Crippen LogP contribution in [-0.4, -0.2) is 52.0 Å². The Morgan fingerprint density at radius 3 is 2.36 bits per heavy atom. The molecule has 9 heteroatoms. The van der Waals surface area contributed by atoms with Gasteiger partial charge in [0.25, 0.3) is 5.91 Å². The maximum absolute atomic E-state index is 12.9. The first-order valence-corrected chi connectivity index (χ1v) is 11.9. The Hall–Kier alpha value is -3.40. The Kier molecular flexibility index (Phi) is 6.93. The topological polar surface area (TPSA) is 97.0 Å². The summed E-state index contributed by atoms with van der Waals surface area (Å²) in [6, 6.07) is 20.8. The minimum absolute atomic E-state index is 0.0911. The Bertz CT molecular complexity index is 1220. The van der Waals surface area contributed by atoms with E-state index in [0.717, 1.165) is 17.1 Å². The number of ether oxygens (including phenoxy) is 2. The minimum Gasteiger partial charge on any atom is -0.495 e. The van der Waals surface area contributed by atoms with Crippen molar-refractivity contribution in [3.05, 3.63) is 78.4 Å². The van der Waals surface area contributed by atoms with Crippen molar-refractivity contribution in [2.45, 2.75) is 4.90 Å². The van der Waals surface area contributed by atoms with Crippen molar-refractivity contribution in [2.24, 2.45) is 0 Å². The number of nitrogens with one attached hydrogen (secondary N) is 2. The molecule has 0 spiro atoms. The van der Waals surface area contributed by atoms with Gasteiger partial charge < -0.3 is 20.1 Å². The number of methoxy groups -OCH3 is 1. The fourth-order valence-electron chi connectivity index (χ4n) is 3.48. The van der Waals surface area contributed by atoms with E-state index in [-0.39, 0.29) is 16.4 Å². The molecule has 172 valence electrons. The van der Waals surface area contributed by atoms with Crippen molar-refractivity contribution in [1.82, 2.24) is 4.31 Å². The van der Waals surface area contributed by atoms with Crippen LogP contribution in [0.1, 0.15) is 10.4 Å². The van der Waals surface area contributed by atoms with E-state index in [1.807, 2.05) is 36.4 Å². The lowest BCUT2D eigenvalue weighted by Crippen LogP contribution is -2.40. The number of anilines is 3. The number of morpholine rings is 1. The zero-order chi connectivity index (χ0) is 23.3. The van der Waals surface area contributed by atoms with Gasteiger partial charge in [0.05, 0.1) is 30.9 Å². The summed E-state index contributed by atoms with van der Waals surface area (Å²) >= 11 is 0. The zero-order valence-electron chi connectivity index (χ0n) is 18.2. The van der Waals surface area contributed by atoms with Crippen LogP contribution in [0.2, 0.25) is 0 Å². The van der Waals surface area contributed by atoms with E-state index in [9.17, 15) is 13.2 Å². The Morgan fingerprint density at radius 1 is 0.939 bits per heavy atom. The number of benzene rings is 3. The molecule has 33 heavy (non-hydrogen) atoms. The molecule has 2 N–H and O–H groups in total. The largest absolute Gasteiger partial charge is 0.495 e. The molecule has 3 aromatic carbocycles. The van der Waals surface area contributed by atoms with Crippen LogP contribution in [0.25, 0.3) is 0 Å². The van der Waals surface area contributed by atoms with E-state index in [1.54, 1.807) is 31.4 Å². The van der Waals surface area contributed by atoms with Crippen molar-refractivity contribution in [1.29, 1.82) is 0 Å². The number of carbonyl (C=O) groups is 1. The van der Waals surface area contributed by atoms with E-state index in [2.05, 4.69) is 10.6 Å². The first-order valence-electron chi connectivity index (χ1n) is 10.5. The molecule has 3 aromatic rings. The summed E-state index contributed by atoms with van der Waals surface area (Å²) in [7, 11) is -2.07. The average Bonchev–Trinajstić information content (AvgIpc) is 2.86. The van der Waals surface area contributed by atoms with Gasteiger partial charge in [-0.1, -0.05) is 18.2 Å². The molecule has 4 rings (SSSR count). The quantitative estimate of drug-likeness (QED) is 0.550. The van der Waals surface area contributed by atoms with Gasteiger partial charge in [-0.2, -0.15) is 4.31 Å². The van der Waals surface area contributed by atoms with E-state index < -0.39 is 10.0 Å². The van der Waals surface area contributed by atoms with E-state index in [1.165, 1.54) is 16.4 Å². The third-order valence-electron chi connectivity index (χ3n) is 5.23. The summed E-state index contributed by atoms with van der Waals surface area (Å²) in [5, 5.41) is 6.08. The summed E-state index contributed by atoms with van der Waals surface area (Å²) in [5.41, 5.74) is 2.51. The molecule has 1 aliphatic heterocycles. The molecule has 0 atom stereocenters. The number of nitrogens with zero attached hydrogens (tertiary/aromatic N) is 1. The van der Waals surface area contributed by atoms with Crippen molar-refractivity contribution in [3.8, 4) is 5.75 Å². The number of carbonyl (C=O) groups excluding carboxylic acids is 1. The highest BCUT2D eigenvalue weighted by molar-refractivity contribution is 7.89. The molecular formula is C24H25N3O5S. The maximum Gasteiger partial charge on any atom is 0.255 e. The molecular weight excluding hydrogens is 442 g/mol. The van der Waals surface area contributed by atoms with Crippen LogP contribution in [0, 0.1) is 0 Å². The lowest BCUT2D eigenvalue weighted by molar-refractivity contribution is 0.0730. The standard InChI is InChI=1S/C24H25N3O5S/c1-31-23-8-3-2-7-22(23)25-19-9-11-20(12-10-19)26-24(28)18-5-4-6-21(17-18)33(29,30)27-13-15-32-16-14-27/h2-12,17,25H,13-16H2,1H3,(H,26,28). The number of amides is 1. The number of hydrogen-bond acceptors (Lipinski definition) is 6. The zero-order valence-corrected chi connectivity index (χ0v) is 19.0. The van der Waals surface area contributed by atoms with Crippen LogP contribution in [0.3, 0.4) is 0 Å². The Morgan fingerprint density at radius 2 is 1.64 bits per heavy atom. The Balaban J connectivity index is 1.45. The molecule has 0 bridgehead atoms. The highest BCUT2D eigenvalue weighted by atomic mass is 32.2. The van der Waals surface area contributed by atoms with E-state index >= 15 is 0 Å². The second-order valence-corrected chi connectivity index (χ2v) is 9.34. The fraction of sp³-hybridized carbons (Fsp3) is 0.208. The molecule has 1 heterocycles. The third-order valence-corrected chi connectivity index (χ3v) is 7.13. The molecule has 1 amide bonds. The summed E-state index contributed by atoms with van der Waals surface area (Å²) in [6.45, 7) is 1.32. The van der Waals surface area contributed by atoms with Crippen molar-refractivity contribution in [3.63, 3.8) is 0 Å². The summed E-state index contributed by atoms with van der Waals surface area (Å²) in [6.07, 6.45) is 0. The molecule has 8 nitrogen and oxygen atoms in total. The van der Waals surface area contributed by atoms with Crippen LogP contribution >= 0.6 is 0 Å². The highest BCUT2D eigenvalue weighted by Crippen LogP contribution is 2.27. The van der Waals surface area contributed by atoms with Gasteiger partial charge in [-0.05, 0) is 54.6 Å². The van der Waals surface area contributed by atoms with Crippen LogP contribution in [0.5, 0.6) is 5.75 Å². The average molecular weight is 468 g/mol. The molecule has 0 aromatic heterocycles. The van der Waals surface area contributed by atoms with Crippen LogP contribution in [0.15, 0.2) is 77.7 Å². The van der Waals surface area contributed by atoms with Gasteiger partial charge in [0.15, 0.2) is 0 Å². The van der Waals surface area contributed by atoms with Crippen molar-refractivity contribution >= 4 is 33.0 Å². The lowest BCUT2D eigenvalue weighted by Gasteiger charge is -2.26. The molecule has 0 radical (unpaired) electrons. The van der Waals surface area contributed by atoms with Gasteiger partial charge in [0.2, 0.25) is 10.0 Å². The smallest absolute Gasteiger partial charge is 0.255 e. The van der Waals surface area contributed by atoms with Crippen LogP contribution < -0.4 is 15.4 Å². The molecule has 1 saturated heterocycles. The van der Waals surface area contributed by atoms with E-state index in [0.29, 0.717) is 32.0 Å². The number of hydrogen-bond donors (Lipinski definition) is 2. The lowest BCUT2D eigenvalue weighted by atomic mass is 10.2. The normalized spacial score (nSPS) is 14.5. The van der Waals surface area contributed by atoms with Crippen LogP contribution in [0.4, 0.5) is 17.1 Å². The van der Waals surface area contributed by atoms with Gasteiger partial charge in [-0.15, -0.1) is 0 Å². The SMILES string of the molecule is COc1ccccc1Nc1ccc(NC(=O)c2cccc(S(=O)(=O)N3CCOCC3)c2)cc1. The molecule has 0 aliphatic carbocycles. The Labute approximate surface area is 193 Å². The molecule has 0 unspecified atom stereocenters. The first-order chi connectivity index (χ1) is 16.0.